The van der Waals surface area contributed by atoms with E-state index in [9.17, 15) is 9.59 Å². The Bertz CT molecular complexity index is 1030. The number of hydrogen-bond donors (Lipinski definition) is 1. The molecule has 1 aromatic heterocycles. The predicted octanol–water partition coefficient (Wildman–Crippen LogP) is 3.20. The number of methoxy groups -OCH3 is 2. The molecule has 2 aliphatic rings. The first-order valence-corrected chi connectivity index (χ1v) is 10.4. The smallest absolute Gasteiger partial charge is 0.313 e. The van der Waals surface area contributed by atoms with Gasteiger partial charge in [-0.25, -0.2) is 0 Å². The summed E-state index contributed by atoms with van der Waals surface area (Å²) in [7, 11) is 3.22. The van der Waals surface area contributed by atoms with Crippen LogP contribution in [0.4, 0.5) is 5.69 Å². The lowest BCUT2D eigenvalue weighted by atomic mass is 9.66. The SMILES string of the molecule is COc1ccc(CCn2cc(NC(=O)C34CCC(C)(C(=O)O3)C4(C)C)cn2)cc1OC. The molecule has 4 rings (SSSR count). The molecular weight excluding hydrogens is 398 g/mol. The molecule has 8 nitrogen and oxygen atoms in total. The third kappa shape index (κ3) is 3.07. The van der Waals surface area contributed by atoms with Crippen LogP contribution in [-0.2, 0) is 27.3 Å². The molecular formula is C23H29N3O5. The fourth-order valence-corrected chi connectivity index (χ4v) is 4.81. The Labute approximate surface area is 181 Å². The zero-order valence-corrected chi connectivity index (χ0v) is 18.7. The Kier molecular flexibility index (Phi) is 4.98. The van der Waals surface area contributed by atoms with E-state index in [2.05, 4.69) is 10.4 Å². The average molecular weight is 428 g/mol. The minimum absolute atomic E-state index is 0.286. The largest absolute Gasteiger partial charge is 0.493 e. The molecule has 31 heavy (non-hydrogen) atoms. The van der Waals surface area contributed by atoms with Crippen molar-refractivity contribution >= 4 is 17.6 Å². The van der Waals surface area contributed by atoms with Gasteiger partial charge >= 0.3 is 5.97 Å². The van der Waals surface area contributed by atoms with Crippen molar-refractivity contribution in [2.24, 2.45) is 10.8 Å². The van der Waals surface area contributed by atoms with Crippen LogP contribution in [0.3, 0.4) is 0 Å². The molecule has 2 unspecified atom stereocenters. The Balaban J connectivity index is 1.42. The molecule has 1 aromatic carbocycles. The first kappa shape index (κ1) is 21.2. The second kappa shape index (κ2) is 7.28. The maximum atomic E-state index is 13.2. The Morgan fingerprint density at radius 3 is 2.55 bits per heavy atom. The summed E-state index contributed by atoms with van der Waals surface area (Å²) in [6, 6.07) is 5.81. The van der Waals surface area contributed by atoms with E-state index in [-0.39, 0.29) is 11.9 Å². The van der Waals surface area contributed by atoms with Gasteiger partial charge in [0.25, 0.3) is 5.91 Å². The molecule has 0 radical (unpaired) electrons. The number of benzene rings is 1. The van der Waals surface area contributed by atoms with Gasteiger partial charge in [0.1, 0.15) is 0 Å². The summed E-state index contributed by atoms with van der Waals surface area (Å²) in [5.74, 6) is 0.800. The van der Waals surface area contributed by atoms with Crippen molar-refractivity contribution in [3.8, 4) is 11.5 Å². The number of amides is 1. The molecule has 1 aliphatic heterocycles. The van der Waals surface area contributed by atoms with Crippen LogP contribution < -0.4 is 14.8 Å². The first-order valence-electron chi connectivity index (χ1n) is 10.4. The van der Waals surface area contributed by atoms with Gasteiger partial charge in [-0.2, -0.15) is 5.10 Å². The minimum Gasteiger partial charge on any atom is -0.493 e. The second-order valence-electron chi connectivity index (χ2n) is 9.06. The molecule has 166 valence electrons. The summed E-state index contributed by atoms with van der Waals surface area (Å²) in [6.45, 7) is 6.41. The maximum absolute atomic E-state index is 13.2. The van der Waals surface area contributed by atoms with Crippen molar-refractivity contribution in [2.45, 2.75) is 52.2 Å². The number of carbonyl (C=O) groups is 2. The van der Waals surface area contributed by atoms with Gasteiger partial charge in [0.15, 0.2) is 17.1 Å². The fourth-order valence-electron chi connectivity index (χ4n) is 4.81. The maximum Gasteiger partial charge on any atom is 0.313 e. The first-order chi connectivity index (χ1) is 14.7. The van der Waals surface area contributed by atoms with Crippen molar-refractivity contribution in [2.75, 3.05) is 19.5 Å². The summed E-state index contributed by atoms with van der Waals surface area (Å²) < 4.78 is 18.0. The third-order valence-electron chi connectivity index (χ3n) is 7.42. The summed E-state index contributed by atoms with van der Waals surface area (Å²) in [5, 5.41) is 7.26. The van der Waals surface area contributed by atoms with Crippen molar-refractivity contribution in [3.05, 3.63) is 36.2 Å². The molecule has 1 N–H and O–H groups in total. The van der Waals surface area contributed by atoms with Gasteiger partial charge in [-0.1, -0.05) is 19.9 Å². The van der Waals surface area contributed by atoms with Crippen LogP contribution in [0.15, 0.2) is 30.6 Å². The number of hydrogen-bond acceptors (Lipinski definition) is 6. The van der Waals surface area contributed by atoms with Crippen molar-refractivity contribution in [3.63, 3.8) is 0 Å². The van der Waals surface area contributed by atoms with Gasteiger partial charge in [0, 0.05) is 18.2 Å². The summed E-state index contributed by atoms with van der Waals surface area (Å²) >= 11 is 0. The number of rotatable bonds is 7. The lowest BCUT2D eigenvalue weighted by Gasteiger charge is -2.35. The van der Waals surface area contributed by atoms with Gasteiger partial charge < -0.3 is 19.5 Å². The van der Waals surface area contributed by atoms with Gasteiger partial charge in [0.2, 0.25) is 0 Å². The number of anilines is 1. The molecule has 0 spiro atoms. The fraction of sp³-hybridized carbons (Fsp3) is 0.522. The Morgan fingerprint density at radius 1 is 1.19 bits per heavy atom. The van der Waals surface area contributed by atoms with E-state index in [1.54, 1.807) is 31.3 Å². The van der Waals surface area contributed by atoms with Crippen LogP contribution >= 0.6 is 0 Å². The highest BCUT2D eigenvalue weighted by Crippen LogP contribution is 2.65. The van der Waals surface area contributed by atoms with Crippen LogP contribution in [0.2, 0.25) is 0 Å². The topological polar surface area (TPSA) is 91.7 Å². The normalized spacial score (nSPS) is 25.9. The molecule has 2 heterocycles. The molecule has 1 amide bonds. The highest BCUT2D eigenvalue weighted by Gasteiger charge is 2.75. The molecule has 1 aliphatic carbocycles. The second-order valence-corrected chi connectivity index (χ2v) is 9.06. The molecule has 2 fully saturated rings. The lowest BCUT2D eigenvalue weighted by molar-refractivity contribution is -0.165. The highest BCUT2D eigenvalue weighted by atomic mass is 16.6. The van der Waals surface area contributed by atoms with Gasteiger partial charge in [-0.3, -0.25) is 14.3 Å². The van der Waals surface area contributed by atoms with Crippen LogP contribution in [0.25, 0.3) is 0 Å². The van der Waals surface area contributed by atoms with E-state index < -0.39 is 16.4 Å². The van der Waals surface area contributed by atoms with E-state index in [1.807, 2.05) is 39.0 Å². The number of ether oxygens (including phenoxy) is 3. The highest BCUT2D eigenvalue weighted by molar-refractivity contribution is 6.03. The Morgan fingerprint density at radius 2 is 1.94 bits per heavy atom. The monoisotopic (exact) mass is 427 g/mol. The van der Waals surface area contributed by atoms with Crippen LogP contribution in [0.5, 0.6) is 11.5 Å². The van der Waals surface area contributed by atoms with E-state index in [4.69, 9.17) is 14.2 Å². The molecule has 8 heteroatoms. The number of nitrogens with zero attached hydrogens (tertiary/aromatic N) is 2. The standard InChI is InChI=1S/C23H29N3O5/c1-21(2)22(3)9-10-23(21,31-20(22)28)19(27)25-16-13-24-26(14-16)11-8-15-6-7-17(29-4)18(12-15)30-5/h6-7,12-14H,8-11H2,1-5H3,(H,25,27). The summed E-state index contributed by atoms with van der Waals surface area (Å²) in [5.41, 5.74) is -0.680. The molecule has 2 bridgehead atoms. The van der Waals surface area contributed by atoms with Crippen molar-refractivity contribution in [1.29, 1.82) is 0 Å². The van der Waals surface area contributed by atoms with Crippen LogP contribution in [-0.4, -0.2) is 41.5 Å². The number of esters is 1. The number of carbonyl (C=O) groups excluding carboxylic acids is 2. The number of aryl methyl sites for hydroxylation is 2. The van der Waals surface area contributed by atoms with E-state index in [1.165, 1.54) is 0 Å². The van der Waals surface area contributed by atoms with Crippen molar-refractivity contribution in [1.82, 2.24) is 9.78 Å². The third-order valence-corrected chi connectivity index (χ3v) is 7.42. The number of aromatic nitrogens is 2. The summed E-state index contributed by atoms with van der Waals surface area (Å²) in [4.78, 5) is 25.6. The van der Waals surface area contributed by atoms with Crippen molar-refractivity contribution < 1.29 is 23.8 Å². The van der Waals surface area contributed by atoms with Gasteiger partial charge in [0.05, 0.1) is 31.5 Å². The molecule has 1 saturated carbocycles. The number of nitrogens with one attached hydrogen (secondary N) is 1. The van der Waals surface area contributed by atoms with Gasteiger partial charge in [-0.15, -0.1) is 0 Å². The molecule has 2 atom stereocenters. The van der Waals surface area contributed by atoms with Crippen LogP contribution in [0, 0.1) is 10.8 Å². The zero-order valence-electron chi connectivity index (χ0n) is 18.7. The minimum atomic E-state index is -1.14. The van der Waals surface area contributed by atoms with Gasteiger partial charge in [-0.05, 0) is 43.9 Å². The zero-order chi connectivity index (χ0) is 22.4. The van der Waals surface area contributed by atoms with E-state index in [0.717, 1.165) is 12.0 Å². The molecule has 2 aromatic rings. The molecule has 1 saturated heterocycles. The lowest BCUT2D eigenvalue weighted by Crippen LogP contribution is -2.50. The average Bonchev–Trinajstić information content (AvgIpc) is 3.32. The van der Waals surface area contributed by atoms with E-state index >= 15 is 0 Å². The van der Waals surface area contributed by atoms with Crippen LogP contribution in [0.1, 0.15) is 39.2 Å². The summed E-state index contributed by atoms with van der Waals surface area (Å²) in [6.07, 6.45) is 5.31. The van der Waals surface area contributed by atoms with E-state index in [0.29, 0.717) is 36.6 Å². The predicted molar refractivity (Wildman–Crippen MR) is 114 cm³/mol. The quantitative estimate of drug-likeness (QED) is 0.683. The number of fused-ring (bicyclic) bond motifs is 2. The Hall–Kier alpha value is -3.03.